The van der Waals surface area contributed by atoms with Crippen molar-refractivity contribution in [2.24, 2.45) is 0 Å². The largest absolute Gasteiger partial charge is 0.490 e. The molecule has 1 fully saturated rings. The lowest BCUT2D eigenvalue weighted by molar-refractivity contribution is -0.896. The predicted molar refractivity (Wildman–Crippen MR) is 102 cm³/mol. The Bertz CT molecular complexity index is 810. The van der Waals surface area contributed by atoms with Crippen LogP contribution in [0.25, 0.3) is 0 Å². The Hall–Kier alpha value is -1.84. The van der Waals surface area contributed by atoms with Gasteiger partial charge in [-0.3, -0.25) is 0 Å². The summed E-state index contributed by atoms with van der Waals surface area (Å²) in [5, 5.41) is 0. The highest BCUT2D eigenvalue weighted by molar-refractivity contribution is 7.89. The highest BCUT2D eigenvalue weighted by Crippen LogP contribution is 2.32. The van der Waals surface area contributed by atoms with Gasteiger partial charge in [0.1, 0.15) is 5.60 Å². The molecule has 0 spiro atoms. The molecule has 0 aliphatic carbocycles. The van der Waals surface area contributed by atoms with Gasteiger partial charge in [0.25, 0.3) is 0 Å². The second-order valence-corrected chi connectivity index (χ2v) is 10.0. The topological polar surface area (TPSA) is 86.6 Å². The third-order valence-electron chi connectivity index (χ3n) is 4.60. The highest BCUT2D eigenvalue weighted by Gasteiger charge is 2.32. The SMILES string of the molecule is CC(C)(C)OC(=O)C[NH+]1CCN(S(=O)(=O)c2ccc3c(c2)OCCCO3)CC1. The second-order valence-electron chi connectivity index (χ2n) is 8.08. The number of piperazine rings is 1. The van der Waals surface area contributed by atoms with Crippen molar-refractivity contribution in [3.8, 4) is 11.5 Å². The quantitative estimate of drug-likeness (QED) is 0.704. The van der Waals surface area contributed by atoms with Gasteiger partial charge in [-0.15, -0.1) is 0 Å². The fourth-order valence-corrected chi connectivity index (χ4v) is 4.71. The van der Waals surface area contributed by atoms with E-state index in [4.69, 9.17) is 14.2 Å². The van der Waals surface area contributed by atoms with E-state index < -0.39 is 15.6 Å². The van der Waals surface area contributed by atoms with Crippen LogP contribution in [0.2, 0.25) is 0 Å². The molecule has 0 unspecified atom stereocenters. The maximum atomic E-state index is 13.0. The van der Waals surface area contributed by atoms with E-state index in [1.807, 2.05) is 20.8 Å². The van der Waals surface area contributed by atoms with Gasteiger partial charge in [-0.25, -0.2) is 13.2 Å². The van der Waals surface area contributed by atoms with Gasteiger partial charge in [0, 0.05) is 12.5 Å². The summed E-state index contributed by atoms with van der Waals surface area (Å²) in [6.07, 6.45) is 0.763. The Morgan fingerprint density at radius 1 is 1.14 bits per heavy atom. The van der Waals surface area contributed by atoms with Crippen molar-refractivity contribution >= 4 is 16.0 Å². The Labute approximate surface area is 166 Å². The van der Waals surface area contributed by atoms with Gasteiger partial charge in [-0.05, 0) is 32.9 Å². The average molecular weight is 414 g/mol. The second kappa shape index (κ2) is 8.26. The molecule has 2 aliphatic heterocycles. The number of quaternary nitrogens is 1. The van der Waals surface area contributed by atoms with Crippen molar-refractivity contribution in [2.45, 2.75) is 37.7 Å². The van der Waals surface area contributed by atoms with E-state index in [9.17, 15) is 13.2 Å². The summed E-state index contributed by atoms with van der Waals surface area (Å²) in [4.78, 5) is 13.2. The fraction of sp³-hybridized carbons (Fsp3) is 0.632. The summed E-state index contributed by atoms with van der Waals surface area (Å²) < 4.78 is 44.0. The molecule has 0 bridgehead atoms. The van der Waals surface area contributed by atoms with Gasteiger partial charge in [0.05, 0.1) is 44.3 Å². The number of esters is 1. The molecular formula is C19H29N2O6S+. The first kappa shape index (κ1) is 20.9. The number of hydrogen-bond acceptors (Lipinski definition) is 6. The highest BCUT2D eigenvalue weighted by atomic mass is 32.2. The van der Waals surface area contributed by atoms with Gasteiger partial charge in [-0.1, -0.05) is 0 Å². The van der Waals surface area contributed by atoms with Crippen LogP contribution in [0, 0.1) is 0 Å². The molecule has 0 saturated carbocycles. The number of hydrogen-bond donors (Lipinski definition) is 1. The number of nitrogens with one attached hydrogen (secondary N) is 1. The van der Waals surface area contributed by atoms with Crippen molar-refractivity contribution < 1.29 is 32.3 Å². The summed E-state index contributed by atoms with van der Waals surface area (Å²) in [5.41, 5.74) is -0.515. The van der Waals surface area contributed by atoms with E-state index in [1.165, 1.54) is 10.4 Å². The van der Waals surface area contributed by atoms with E-state index in [2.05, 4.69) is 0 Å². The van der Waals surface area contributed by atoms with Crippen LogP contribution >= 0.6 is 0 Å². The zero-order valence-electron chi connectivity index (χ0n) is 16.7. The van der Waals surface area contributed by atoms with E-state index in [1.54, 1.807) is 12.1 Å². The minimum atomic E-state index is -3.62. The molecule has 1 saturated heterocycles. The molecule has 156 valence electrons. The summed E-state index contributed by atoms with van der Waals surface area (Å²) in [6.45, 7) is 8.63. The van der Waals surface area contributed by atoms with Crippen LogP contribution < -0.4 is 14.4 Å². The van der Waals surface area contributed by atoms with Crippen LogP contribution in [0.4, 0.5) is 0 Å². The summed E-state index contributed by atoms with van der Waals surface area (Å²) in [7, 11) is -3.62. The van der Waals surface area contributed by atoms with Crippen molar-refractivity contribution in [2.75, 3.05) is 45.9 Å². The van der Waals surface area contributed by atoms with Gasteiger partial charge in [-0.2, -0.15) is 4.31 Å². The maximum absolute atomic E-state index is 13.0. The Kier molecular flexibility index (Phi) is 6.16. The van der Waals surface area contributed by atoms with Crippen molar-refractivity contribution in [1.29, 1.82) is 0 Å². The molecule has 28 heavy (non-hydrogen) atoms. The van der Waals surface area contributed by atoms with Gasteiger partial charge in [0.15, 0.2) is 18.0 Å². The third-order valence-corrected chi connectivity index (χ3v) is 6.50. The number of fused-ring (bicyclic) bond motifs is 1. The van der Waals surface area contributed by atoms with Crippen LogP contribution in [0.15, 0.2) is 23.1 Å². The third kappa shape index (κ3) is 5.15. The van der Waals surface area contributed by atoms with Crippen molar-refractivity contribution in [3.63, 3.8) is 0 Å². The average Bonchev–Trinajstić information content (AvgIpc) is 2.85. The first-order chi connectivity index (χ1) is 13.1. The number of carbonyl (C=O) groups excluding carboxylic acids is 1. The Balaban J connectivity index is 1.62. The number of nitrogens with zero attached hydrogens (tertiary/aromatic N) is 1. The van der Waals surface area contributed by atoms with E-state index >= 15 is 0 Å². The molecule has 1 N–H and O–H groups in total. The minimum absolute atomic E-state index is 0.201. The molecule has 1 aromatic rings. The van der Waals surface area contributed by atoms with Crippen LogP contribution in [-0.4, -0.2) is 70.2 Å². The number of ether oxygens (including phenoxy) is 3. The molecule has 0 aromatic heterocycles. The van der Waals surface area contributed by atoms with Gasteiger partial charge >= 0.3 is 5.97 Å². The first-order valence-electron chi connectivity index (χ1n) is 9.60. The maximum Gasteiger partial charge on any atom is 0.362 e. The van der Waals surface area contributed by atoms with E-state index in [0.717, 1.165) is 11.3 Å². The lowest BCUT2D eigenvalue weighted by Crippen LogP contribution is -3.15. The number of carbonyl (C=O) groups is 1. The minimum Gasteiger partial charge on any atom is -0.490 e. The summed E-state index contributed by atoms with van der Waals surface area (Å²) in [5.74, 6) is 0.776. The molecule has 2 heterocycles. The van der Waals surface area contributed by atoms with Crippen LogP contribution in [0.1, 0.15) is 27.2 Å². The van der Waals surface area contributed by atoms with Crippen molar-refractivity contribution in [3.05, 3.63) is 18.2 Å². The van der Waals surface area contributed by atoms with Crippen molar-refractivity contribution in [1.82, 2.24) is 4.31 Å². The number of rotatable bonds is 4. The predicted octanol–water partition coefficient (Wildman–Crippen LogP) is 0.0788. The smallest absolute Gasteiger partial charge is 0.362 e. The molecule has 9 heteroatoms. The zero-order chi connectivity index (χ0) is 20.4. The van der Waals surface area contributed by atoms with Crippen LogP contribution in [0.3, 0.4) is 0 Å². The fourth-order valence-electron chi connectivity index (χ4n) is 3.25. The van der Waals surface area contributed by atoms with E-state index in [-0.39, 0.29) is 17.4 Å². The zero-order valence-corrected chi connectivity index (χ0v) is 17.5. The van der Waals surface area contributed by atoms with Crippen LogP contribution in [-0.2, 0) is 19.6 Å². The normalized spacial score (nSPS) is 19.1. The molecule has 2 aliphatic rings. The lowest BCUT2D eigenvalue weighted by Gasteiger charge is -2.31. The monoisotopic (exact) mass is 413 g/mol. The Morgan fingerprint density at radius 2 is 1.79 bits per heavy atom. The lowest BCUT2D eigenvalue weighted by atomic mass is 10.2. The molecule has 0 atom stereocenters. The molecule has 1 aromatic carbocycles. The Morgan fingerprint density at radius 3 is 2.43 bits per heavy atom. The standard InChI is InChI=1S/C19H28N2O6S/c1-19(2,3)27-18(22)14-20-7-9-21(10-8-20)28(23,24)15-5-6-16-17(13-15)26-12-4-11-25-16/h5-6,13H,4,7-12,14H2,1-3H3/p+1. The first-order valence-corrected chi connectivity index (χ1v) is 11.0. The molecule has 8 nitrogen and oxygen atoms in total. The molecule has 0 radical (unpaired) electrons. The molecule has 3 rings (SSSR count). The molecule has 0 amide bonds. The summed E-state index contributed by atoms with van der Waals surface area (Å²) >= 11 is 0. The summed E-state index contributed by atoms with van der Waals surface area (Å²) in [6, 6.07) is 4.75. The number of benzene rings is 1. The van der Waals surface area contributed by atoms with Gasteiger partial charge < -0.3 is 19.1 Å². The van der Waals surface area contributed by atoms with Crippen LogP contribution in [0.5, 0.6) is 11.5 Å². The van der Waals surface area contributed by atoms with Gasteiger partial charge in [0.2, 0.25) is 10.0 Å². The number of sulfonamides is 1. The molecular weight excluding hydrogens is 384 g/mol. The van der Waals surface area contributed by atoms with E-state index in [0.29, 0.717) is 50.9 Å².